The number of pyridine rings is 2. The van der Waals surface area contributed by atoms with Gasteiger partial charge in [0.1, 0.15) is 0 Å². The van der Waals surface area contributed by atoms with Gasteiger partial charge in [-0.25, -0.2) is 19.1 Å². The van der Waals surface area contributed by atoms with Crippen LogP contribution in [0.1, 0.15) is 18.9 Å². The Labute approximate surface area is 165 Å². The number of carboxylic acid groups (broad SMARTS) is 1. The lowest BCUT2D eigenvalue weighted by Crippen LogP contribution is -2.42. The summed E-state index contributed by atoms with van der Waals surface area (Å²) in [5, 5.41) is 13.7. The van der Waals surface area contributed by atoms with Gasteiger partial charge in [0, 0.05) is 31.9 Å². The Morgan fingerprint density at radius 3 is 2.90 bits per heavy atom. The van der Waals surface area contributed by atoms with Gasteiger partial charge in [-0.1, -0.05) is 6.07 Å². The van der Waals surface area contributed by atoms with E-state index < -0.39 is 6.09 Å². The molecule has 1 N–H and O–H groups in total. The van der Waals surface area contributed by atoms with Gasteiger partial charge in [0.2, 0.25) is 0 Å². The standard InChI is InChI=1S/C20H20N6O3/c1-23-17-8-7-15(14-11-21-25-10-3-2-6-16(14)25)22-18(17)26(19(23)27)13-5-4-9-24(12-13)20(28)29/h2-3,6-8,10-11,13H,4-5,9,12H2,1H3,(H,28,29)/t13-/m1/s1. The molecular formula is C20H20N6O3. The second-order valence-electron chi connectivity index (χ2n) is 7.36. The number of amides is 1. The number of carbonyl (C=O) groups is 1. The number of hydrogen-bond acceptors (Lipinski definition) is 4. The van der Waals surface area contributed by atoms with E-state index in [-0.39, 0.29) is 18.3 Å². The molecule has 0 spiro atoms. The van der Waals surface area contributed by atoms with Crippen molar-refractivity contribution in [3.63, 3.8) is 0 Å². The van der Waals surface area contributed by atoms with Crippen LogP contribution in [0.2, 0.25) is 0 Å². The summed E-state index contributed by atoms with van der Waals surface area (Å²) in [6.45, 7) is 0.781. The Bertz CT molecular complexity index is 1300. The van der Waals surface area contributed by atoms with Crippen molar-refractivity contribution in [3.05, 3.63) is 53.2 Å². The van der Waals surface area contributed by atoms with Gasteiger partial charge >= 0.3 is 11.8 Å². The van der Waals surface area contributed by atoms with Crippen molar-refractivity contribution in [1.82, 2.24) is 28.6 Å². The molecule has 1 saturated heterocycles. The molecular weight excluding hydrogens is 372 g/mol. The minimum atomic E-state index is -0.956. The first kappa shape index (κ1) is 17.5. The number of aromatic nitrogens is 5. The molecule has 0 aliphatic carbocycles. The normalized spacial score (nSPS) is 17.3. The third kappa shape index (κ3) is 2.69. The number of imidazole rings is 1. The second kappa shape index (κ2) is 6.47. The molecule has 1 amide bonds. The van der Waals surface area contributed by atoms with Crippen molar-refractivity contribution in [2.24, 2.45) is 7.05 Å². The number of likely N-dealkylation sites (tertiary alicyclic amines) is 1. The minimum absolute atomic E-state index is 0.179. The maximum Gasteiger partial charge on any atom is 0.407 e. The number of rotatable bonds is 2. The SMILES string of the molecule is Cn1c(=O)n([C@@H]2CCCN(C(=O)O)C2)c2nc(-c3cnn4ccccc34)ccc21. The van der Waals surface area contributed by atoms with Crippen LogP contribution in [0.15, 0.2) is 47.5 Å². The molecule has 1 atom stereocenters. The van der Waals surface area contributed by atoms with E-state index in [1.54, 1.807) is 26.9 Å². The van der Waals surface area contributed by atoms with E-state index in [4.69, 9.17) is 4.98 Å². The van der Waals surface area contributed by atoms with E-state index in [0.717, 1.165) is 28.7 Å². The van der Waals surface area contributed by atoms with E-state index in [9.17, 15) is 14.7 Å². The van der Waals surface area contributed by atoms with Crippen molar-refractivity contribution in [1.29, 1.82) is 0 Å². The van der Waals surface area contributed by atoms with Crippen molar-refractivity contribution < 1.29 is 9.90 Å². The topological polar surface area (TPSA) is 97.7 Å². The molecule has 1 aliphatic heterocycles. The minimum Gasteiger partial charge on any atom is -0.465 e. The van der Waals surface area contributed by atoms with Crippen molar-refractivity contribution in [2.45, 2.75) is 18.9 Å². The van der Waals surface area contributed by atoms with Crippen LogP contribution in [0.25, 0.3) is 27.9 Å². The highest BCUT2D eigenvalue weighted by atomic mass is 16.4. The van der Waals surface area contributed by atoms with Crippen molar-refractivity contribution >= 4 is 22.8 Å². The molecule has 5 heterocycles. The van der Waals surface area contributed by atoms with Gasteiger partial charge in [0.05, 0.1) is 29.0 Å². The number of piperidine rings is 1. The molecule has 0 unspecified atom stereocenters. The predicted molar refractivity (Wildman–Crippen MR) is 107 cm³/mol. The third-order valence-electron chi connectivity index (χ3n) is 5.67. The van der Waals surface area contributed by atoms with Gasteiger partial charge in [-0.3, -0.25) is 9.13 Å². The average molecular weight is 392 g/mol. The van der Waals surface area contributed by atoms with Gasteiger partial charge in [0.25, 0.3) is 0 Å². The molecule has 0 bridgehead atoms. The van der Waals surface area contributed by atoms with Crippen LogP contribution < -0.4 is 5.69 Å². The zero-order chi connectivity index (χ0) is 20.1. The summed E-state index contributed by atoms with van der Waals surface area (Å²) >= 11 is 0. The smallest absolute Gasteiger partial charge is 0.407 e. The van der Waals surface area contributed by atoms with Crippen molar-refractivity contribution in [3.8, 4) is 11.3 Å². The zero-order valence-corrected chi connectivity index (χ0v) is 15.9. The monoisotopic (exact) mass is 392 g/mol. The van der Waals surface area contributed by atoms with Crippen LogP contribution in [0.5, 0.6) is 0 Å². The highest BCUT2D eigenvalue weighted by Crippen LogP contribution is 2.28. The fourth-order valence-corrected chi connectivity index (χ4v) is 4.19. The largest absolute Gasteiger partial charge is 0.465 e. The molecule has 148 valence electrons. The Morgan fingerprint density at radius 2 is 2.07 bits per heavy atom. The quantitative estimate of drug-likeness (QED) is 0.565. The Morgan fingerprint density at radius 1 is 1.21 bits per heavy atom. The van der Waals surface area contributed by atoms with Crippen molar-refractivity contribution in [2.75, 3.05) is 13.1 Å². The Kier molecular flexibility index (Phi) is 3.90. The zero-order valence-electron chi connectivity index (χ0n) is 15.9. The average Bonchev–Trinajstić information content (AvgIpc) is 3.27. The molecule has 5 rings (SSSR count). The summed E-state index contributed by atoms with van der Waals surface area (Å²) < 4.78 is 5.01. The van der Waals surface area contributed by atoms with E-state index in [1.165, 1.54) is 4.90 Å². The molecule has 9 nitrogen and oxygen atoms in total. The highest BCUT2D eigenvalue weighted by Gasteiger charge is 2.28. The summed E-state index contributed by atoms with van der Waals surface area (Å²) in [6, 6.07) is 9.37. The molecule has 29 heavy (non-hydrogen) atoms. The summed E-state index contributed by atoms with van der Waals surface area (Å²) in [7, 11) is 1.72. The van der Waals surface area contributed by atoms with Gasteiger partial charge in [-0.2, -0.15) is 5.10 Å². The third-order valence-corrected chi connectivity index (χ3v) is 5.67. The molecule has 0 radical (unpaired) electrons. The van der Waals surface area contributed by atoms with Crippen LogP contribution in [0, 0.1) is 0 Å². The number of hydrogen-bond donors (Lipinski definition) is 1. The fraction of sp³-hybridized carbons (Fsp3) is 0.300. The highest BCUT2D eigenvalue weighted by molar-refractivity contribution is 5.82. The summed E-state index contributed by atoms with van der Waals surface area (Å²) in [5.74, 6) is 0. The second-order valence-corrected chi connectivity index (χ2v) is 7.36. The molecule has 4 aromatic rings. The molecule has 0 aromatic carbocycles. The van der Waals surface area contributed by atoms with Crippen LogP contribution in [-0.4, -0.2) is 52.9 Å². The Balaban J connectivity index is 1.67. The summed E-state index contributed by atoms with van der Waals surface area (Å²) in [6.07, 6.45) is 4.14. The van der Waals surface area contributed by atoms with Crippen LogP contribution in [0.3, 0.4) is 0 Å². The van der Waals surface area contributed by atoms with Gasteiger partial charge in [-0.05, 0) is 37.1 Å². The lowest BCUT2D eigenvalue weighted by Gasteiger charge is -2.31. The number of aryl methyl sites for hydroxylation is 1. The van der Waals surface area contributed by atoms with E-state index in [0.29, 0.717) is 18.6 Å². The summed E-state index contributed by atoms with van der Waals surface area (Å²) in [5.41, 5.74) is 3.65. The van der Waals surface area contributed by atoms with Gasteiger partial charge in [-0.15, -0.1) is 0 Å². The maximum absolute atomic E-state index is 13.0. The predicted octanol–water partition coefficient (Wildman–Crippen LogP) is 2.36. The van der Waals surface area contributed by atoms with Crippen LogP contribution in [0.4, 0.5) is 4.79 Å². The lowest BCUT2D eigenvalue weighted by molar-refractivity contribution is 0.121. The summed E-state index contributed by atoms with van der Waals surface area (Å²) in [4.78, 5) is 30.6. The molecule has 1 fully saturated rings. The van der Waals surface area contributed by atoms with Crippen LogP contribution in [-0.2, 0) is 7.05 Å². The molecule has 1 aliphatic rings. The first-order chi connectivity index (χ1) is 14.0. The molecule has 9 heteroatoms. The lowest BCUT2D eigenvalue weighted by atomic mass is 10.1. The number of nitrogens with zero attached hydrogens (tertiary/aromatic N) is 6. The van der Waals surface area contributed by atoms with Crippen LogP contribution >= 0.6 is 0 Å². The first-order valence-electron chi connectivity index (χ1n) is 9.53. The van der Waals surface area contributed by atoms with Gasteiger partial charge in [0.15, 0.2) is 5.65 Å². The molecule has 4 aromatic heterocycles. The first-order valence-corrected chi connectivity index (χ1v) is 9.53. The van der Waals surface area contributed by atoms with E-state index in [1.807, 2.05) is 36.5 Å². The van der Waals surface area contributed by atoms with Gasteiger partial charge < -0.3 is 10.0 Å². The van der Waals surface area contributed by atoms with E-state index in [2.05, 4.69) is 5.10 Å². The number of fused-ring (bicyclic) bond motifs is 2. The maximum atomic E-state index is 13.0. The Hall–Kier alpha value is -3.62. The molecule has 0 saturated carbocycles. The fourth-order valence-electron chi connectivity index (χ4n) is 4.19. The van der Waals surface area contributed by atoms with E-state index >= 15 is 0 Å².